The largest absolute Gasteiger partial charge is 0.479 e. The van der Waals surface area contributed by atoms with Gasteiger partial charge in [0.2, 0.25) is 5.88 Å². The second kappa shape index (κ2) is 7.61. The van der Waals surface area contributed by atoms with Crippen LogP contribution in [0.4, 0.5) is 0 Å². The van der Waals surface area contributed by atoms with Crippen molar-refractivity contribution in [1.29, 1.82) is 0 Å². The van der Waals surface area contributed by atoms with Crippen LogP contribution in [0.25, 0.3) is 11.0 Å². The molecule has 2 aromatic carbocycles. The zero-order valence-corrected chi connectivity index (χ0v) is 14.0. The number of carbonyl (C=O) groups is 1. The number of ether oxygens (including phenoxy) is 3. The number of esters is 1. The quantitative estimate of drug-likeness (QED) is 0.638. The summed E-state index contributed by atoms with van der Waals surface area (Å²) in [5, 5.41) is 0. The minimum atomic E-state index is -0.668. The first kappa shape index (κ1) is 16.7. The third-order valence-corrected chi connectivity index (χ3v) is 3.40. The van der Waals surface area contributed by atoms with Gasteiger partial charge in [0.15, 0.2) is 6.10 Å². The number of rotatable bonds is 6. The van der Waals surface area contributed by atoms with Crippen LogP contribution in [-0.2, 0) is 9.53 Å². The fraction of sp³-hybridized carbons (Fsp3) is 0.211. The van der Waals surface area contributed by atoms with Crippen molar-refractivity contribution in [3.05, 3.63) is 54.7 Å². The third kappa shape index (κ3) is 4.23. The van der Waals surface area contributed by atoms with E-state index in [1.165, 1.54) is 0 Å². The van der Waals surface area contributed by atoms with E-state index in [2.05, 4.69) is 9.97 Å². The van der Waals surface area contributed by atoms with Crippen LogP contribution in [0.5, 0.6) is 17.4 Å². The molecule has 0 N–H and O–H groups in total. The molecule has 1 unspecified atom stereocenters. The van der Waals surface area contributed by atoms with Gasteiger partial charge in [0.25, 0.3) is 0 Å². The molecule has 0 aliphatic rings. The van der Waals surface area contributed by atoms with E-state index >= 15 is 0 Å². The number of hydrogen-bond donors (Lipinski definition) is 0. The Labute approximate surface area is 145 Å². The molecule has 3 aromatic rings. The molecule has 1 aromatic heterocycles. The van der Waals surface area contributed by atoms with E-state index in [-0.39, 0.29) is 0 Å². The van der Waals surface area contributed by atoms with Gasteiger partial charge in [0, 0.05) is 0 Å². The molecule has 0 spiro atoms. The molecule has 0 amide bonds. The lowest BCUT2D eigenvalue weighted by atomic mass is 10.3. The minimum Gasteiger partial charge on any atom is -0.479 e. The highest BCUT2D eigenvalue weighted by molar-refractivity contribution is 5.74. The van der Waals surface area contributed by atoms with Crippen LogP contribution >= 0.6 is 0 Å². The lowest BCUT2D eigenvalue weighted by molar-refractivity contribution is -0.150. The van der Waals surface area contributed by atoms with Gasteiger partial charge in [-0.05, 0) is 50.2 Å². The van der Waals surface area contributed by atoms with Gasteiger partial charge in [0.05, 0.1) is 23.8 Å². The summed E-state index contributed by atoms with van der Waals surface area (Å²) >= 11 is 0. The highest BCUT2D eigenvalue weighted by atomic mass is 16.6. The molecule has 3 rings (SSSR count). The molecule has 1 heterocycles. The van der Waals surface area contributed by atoms with Crippen LogP contribution in [0.1, 0.15) is 13.8 Å². The first-order valence-electron chi connectivity index (χ1n) is 7.98. The zero-order valence-electron chi connectivity index (χ0n) is 14.0. The number of para-hydroxylation sites is 2. The predicted octanol–water partition coefficient (Wildman–Crippen LogP) is 3.75. The van der Waals surface area contributed by atoms with Gasteiger partial charge in [-0.15, -0.1) is 0 Å². The highest BCUT2D eigenvalue weighted by Crippen LogP contribution is 2.24. The second-order valence-corrected chi connectivity index (χ2v) is 5.28. The van der Waals surface area contributed by atoms with Crippen molar-refractivity contribution in [3.63, 3.8) is 0 Å². The van der Waals surface area contributed by atoms with E-state index in [1.54, 1.807) is 44.3 Å². The number of carbonyl (C=O) groups excluding carboxylic acids is 1. The topological polar surface area (TPSA) is 70.5 Å². The normalized spacial score (nSPS) is 11.8. The van der Waals surface area contributed by atoms with Gasteiger partial charge < -0.3 is 14.2 Å². The lowest BCUT2D eigenvalue weighted by Gasteiger charge is -2.13. The number of hydrogen-bond acceptors (Lipinski definition) is 6. The molecule has 1 atom stereocenters. The first-order chi connectivity index (χ1) is 12.2. The van der Waals surface area contributed by atoms with Gasteiger partial charge in [-0.3, -0.25) is 0 Å². The number of benzene rings is 2. The third-order valence-electron chi connectivity index (χ3n) is 3.40. The van der Waals surface area contributed by atoms with Crippen molar-refractivity contribution >= 4 is 17.0 Å². The van der Waals surface area contributed by atoms with Crippen molar-refractivity contribution in [3.8, 4) is 17.4 Å². The summed E-state index contributed by atoms with van der Waals surface area (Å²) in [5.41, 5.74) is 1.58. The second-order valence-electron chi connectivity index (χ2n) is 5.28. The van der Waals surface area contributed by atoms with E-state index < -0.39 is 12.1 Å². The molecule has 6 nitrogen and oxygen atoms in total. The maximum Gasteiger partial charge on any atom is 0.347 e. The molecule has 0 aliphatic heterocycles. The van der Waals surface area contributed by atoms with Crippen LogP contribution in [-0.4, -0.2) is 28.6 Å². The number of fused-ring (bicyclic) bond motifs is 1. The van der Waals surface area contributed by atoms with Gasteiger partial charge in [-0.1, -0.05) is 12.1 Å². The average molecular weight is 338 g/mol. The van der Waals surface area contributed by atoms with Crippen molar-refractivity contribution in [1.82, 2.24) is 9.97 Å². The van der Waals surface area contributed by atoms with Crippen molar-refractivity contribution in [2.75, 3.05) is 6.61 Å². The Bertz CT molecular complexity index is 865. The monoisotopic (exact) mass is 338 g/mol. The summed E-state index contributed by atoms with van der Waals surface area (Å²) in [6, 6.07) is 14.5. The zero-order chi connectivity index (χ0) is 17.6. The Kier molecular flexibility index (Phi) is 5.09. The van der Waals surface area contributed by atoms with E-state index in [9.17, 15) is 4.79 Å². The summed E-state index contributed by atoms with van der Waals surface area (Å²) in [4.78, 5) is 20.3. The summed E-state index contributed by atoms with van der Waals surface area (Å²) < 4.78 is 16.2. The Morgan fingerprint density at radius 2 is 1.72 bits per heavy atom. The van der Waals surface area contributed by atoms with Crippen LogP contribution in [0, 0.1) is 0 Å². The summed E-state index contributed by atoms with van der Waals surface area (Å²) in [6.07, 6.45) is 0.910. The number of nitrogens with zero attached hydrogens (tertiary/aromatic N) is 2. The van der Waals surface area contributed by atoms with Crippen molar-refractivity contribution < 1.29 is 19.0 Å². The Hall–Kier alpha value is -3.15. The van der Waals surface area contributed by atoms with Gasteiger partial charge in [-0.25, -0.2) is 14.8 Å². The first-order valence-corrected chi connectivity index (χ1v) is 7.98. The fourth-order valence-electron chi connectivity index (χ4n) is 2.21. The number of aromatic nitrogens is 2. The fourth-order valence-corrected chi connectivity index (χ4v) is 2.21. The lowest BCUT2D eigenvalue weighted by Crippen LogP contribution is -2.25. The Balaban J connectivity index is 1.66. The van der Waals surface area contributed by atoms with Gasteiger partial charge >= 0.3 is 5.97 Å². The van der Waals surface area contributed by atoms with Crippen LogP contribution in [0.15, 0.2) is 54.7 Å². The molecule has 0 bridgehead atoms. The molecule has 6 heteroatoms. The highest BCUT2D eigenvalue weighted by Gasteiger charge is 2.15. The van der Waals surface area contributed by atoms with Gasteiger partial charge in [-0.2, -0.15) is 0 Å². The van der Waals surface area contributed by atoms with E-state index in [0.29, 0.717) is 24.0 Å². The SMILES string of the molecule is CCOC(=O)C(C)Oc1ccc(Oc2cnc3ccccc3n2)cc1. The average Bonchev–Trinajstić information content (AvgIpc) is 2.63. The van der Waals surface area contributed by atoms with Crippen molar-refractivity contribution in [2.45, 2.75) is 20.0 Å². The van der Waals surface area contributed by atoms with Crippen molar-refractivity contribution in [2.24, 2.45) is 0 Å². The standard InChI is InChI=1S/C19H18N2O4/c1-3-23-19(22)13(2)24-14-8-10-15(11-9-14)25-18-12-20-16-6-4-5-7-17(16)21-18/h4-13H,3H2,1-2H3. The minimum absolute atomic E-state index is 0.326. The molecular weight excluding hydrogens is 320 g/mol. The maximum atomic E-state index is 11.6. The van der Waals surface area contributed by atoms with Crippen LogP contribution < -0.4 is 9.47 Å². The molecular formula is C19H18N2O4. The van der Waals surface area contributed by atoms with E-state index in [4.69, 9.17) is 14.2 Å². The maximum absolute atomic E-state index is 11.6. The Morgan fingerprint density at radius 3 is 2.44 bits per heavy atom. The van der Waals surface area contributed by atoms with Crippen LogP contribution in [0.3, 0.4) is 0 Å². The molecule has 0 radical (unpaired) electrons. The predicted molar refractivity (Wildman–Crippen MR) is 92.8 cm³/mol. The smallest absolute Gasteiger partial charge is 0.347 e. The molecule has 0 fully saturated rings. The Morgan fingerprint density at radius 1 is 1.04 bits per heavy atom. The molecule has 0 saturated carbocycles. The summed E-state index contributed by atoms with van der Waals surface area (Å²) in [5.74, 6) is 1.17. The summed E-state index contributed by atoms with van der Waals surface area (Å²) in [7, 11) is 0. The van der Waals surface area contributed by atoms with E-state index in [1.807, 2.05) is 24.3 Å². The molecule has 128 valence electrons. The molecule has 0 aliphatic carbocycles. The molecule has 0 saturated heterocycles. The van der Waals surface area contributed by atoms with E-state index in [0.717, 1.165) is 11.0 Å². The molecule has 25 heavy (non-hydrogen) atoms. The summed E-state index contributed by atoms with van der Waals surface area (Å²) in [6.45, 7) is 3.73. The van der Waals surface area contributed by atoms with Gasteiger partial charge in [0.1, 0.15) is 11.5 Å². The van der Waals surface area contributed by atoms with Crippen LogP contribution in [0.2, 0.25) is 0 Å².